The average Bonchev–Trinajstić information content (AvgIpc) is 2.66. The first-order chi connectivity index (χ1) is 13.8. The number of carbonyl (C=O) groups excluding carboxylic acids is 2. The minimum atomic E-state index is -0.767. The van der Waals surface area contributed by atoms with Gasteiger partial charge in [-0.2, -0.15) is 0 Å². The number of carbonyl (C=O) groups is 2. The van der Waals surface area contributed by atoms with Crippen LogP contribution in [0.1, 0.15) is 24.2 Å². The van der Waals surface area contributed by atoms with Gasteiger partial charge in [-0.3, -0.25) is 4.79 Å². The third-order valence-corrected chi connectivity index (χ3v) is 4.44. The lowest BCUT2D eigenvalue weighted by molar-refractivity contribution is -0.136. The first kappa shape index (κ1) is 20.6. The minimum absolute atomic E-state index is 0.0854. The zero-order valence-electron chi connectivity index (χ0n) is 15.7. The fourth-order valence-corrected chi connectivity index (χ4v) is 2.91. The van der Waals surface area contributed by atoms with E-state index in [9.17, 15) is 14.4 Å². The van der Waals surface area contributed by atoms with Crippen molar-refractivity contribution < 1.29 is 23.5 Å². The Hall–Kier alpha value is -3.13. The maximum absolute atomic E-state index is 12.1. The van der Waals surface area contributed by atoms with E-state index < -0.39 is 17.5 Å². The summed E-state index contributed by atoms with van der Waals surface area (Å²) in [5.74, 6) is -0.410. The van der Waals surface area contributed by atoms with Crippen LogP contribution < -0.4 is 20.4 Å². The summed E-state index contributed by atoms with van der Waals surface area (Å²) in [6.45, 7) is 3.29. The topological polar surface area (TPSA) is 94.8 Å². The van der Waals surface area contributed by atoms with E-state index in [4.69, 9.17) is 13.9 Å². The molecule has 0 aliphatic carbocycles. The first-order valence-electron chi connectivity index (χ1n) is 8.80. The van der Waals surface area contributed by atoms with Crippen LogP contribution in [0.4, 0.5) is 0 Å². The smallest absolute Gasteiger partial charge is 0.349 e. The molecular formula is C21H18BrNO6. The highest BCUT2D eigenvalue weighted by atomic mass is 79.9. The number of amides is 1. The van der Waals surface area contributed by atoms with Crippen molar-refractivity contribution in [3.8, 4) is 11.5 Å². The fourth-order valence-electron chi connectivity index (χ4n) is 2.51. The summed E-state index contributed by atoms with van der Waals surface area (Å²) in [5.41, 5.74) is -0.651. The molecule has 0 aliphatic heterocycles. The van der Waals surface area contributed by atoms with Crippen molar-refractivity contribution in [2.75, 3.05) is 6.61 Å². The Labute approximate surface area is 174 Å². The van der Waals surface area contributed by atoms with Crippen LogP contribution in [0.5, 0.6) is 11.5 Å². The highest BCUT2D eigenvalue weighted by Crippen LogP contribution is 2.24. The Kier molecular flexibility index (Phi) is 6.33. The van der Waals surface area contributed by atoms with Gasteiger partial charge in [0.05, 0.1) is 4.47 Å². The molecule has 29 heavy (non-hydrogen) atoms. The number of fused-ring (bicyclic) bond motifs is 1. The van der Waals surface area contributed by atoms with Crippen molar-refractivity contribution in [1.29, 1.82) is 0 Å². The number of halogens is 1. The molecule has 0 unspecified atom stereocenters. The normalized spacial score (nSPS) is 10.8. The molecule has 0 aliphatic rings. The number of nitrogens with one attached hydrogen (secondary N) is 1. The van der Waals surface area contributed by atoms with E-state index in [1.165, 1.54) is 12.1 Å². The van der Waals surface area contributed by atoms with Crippen molar-refractivity contribution in [3.05, 3.63) is 69.0 Å². The number of rotatable bonds is 6. The Morgan fingerprint density at radius 2 is 1.90 bits per heavy atom. The van der Waals surface area contributed by atoms with E-state index in [-0.39, 0.29) is 29.5 Å². The van der Waals surface area contributed by atoms with Crippen LogP contribution in [0.3, 0.4) is 0 Å². The second-order valence-electron chi connectivity index (χ2n) is 6.47. The minimum Gasteiger partial charge on any atom is -0.481 e. The van der Waals surface area contributed by atoms with E-state index >= 15 is 0 Å². The molecule has 3 aromatic rings. The quantitative estimate of drug-likeness (QED) is 0.343. The van der Waals surface area contributed by atoms with Crippen molar-refractivity contribution in [3.63, 3.8) is 0 Å². The Bertz CT molecular complexity index is 1120. The summed E-state index contributed by atoms with van der Waals surface area (Å²) >= 11 is 3.33. The van der Waals surface area contributed by atoms with E-state index in [0.29, 0.717) is 11.1 Å². The SMILES string of the molecule is CC(C)NC(=O)c1cc2ccc(OC(=O)COc3ccccc3Br)cc2oc1=O. The number of esters is 1. The number of hydrogen-bond donors (Lipinski definition) is 1. The van der Waals surface area contributed by atoms with Crippen molar-refractivity contribution in [1.82, 2.24) is 5.32 Å². The molecule has 0 saturated heterocycles. The van der Waals surface area contributed by atoms with Gasteiger partial charge in [0, 0.05) is 17.5 Å². The first-order valence-corrected chi connectivity index (χ1v) is 9.59. The average molecular weight is 460 g/mol. The molecule has 0 radical (unpaired) electrons. The molecule has 0 bridgehead atoms. The van der Waals surface area contributed by atoms with Gasteiger partial charge in [-0.25, -0.2) is 9.59 Å². The summed E-state index contributed by atoms with van der Waals surface area (Å²) in [6.07, 6.45) is 0. The van der Waals surface area contributed by atoms with Crippen LogP contribution in [-0.2, 0) is 4.79 Å². The molecule has 7 nitrogen and oxygen atoms in total. The van der Waals surface area contributed by atoms with Crippen molar-refractivity contribution in [2.45, 2.75) is 19.9 Å². The fraction of sp³-hybridized carbons (Fsp3) is 0.190. The molecule has 1 aromatic heterocycles. The Morgan fingerprint density at radius 1 is 1.14 bits per heavy atom. The Balaban J connectivity index is 1.72. The van der Waals surface area contributed by atoms with Gasteiger partial charge in [0.2, 0.25) is 0 Å². The van der Waals surface area contributed by atoms with Crippen molar-refractivity contribution >= 4 is 38.8 Å². The third-order valence-electron chi connectivity index (χ3n) is 3.79. The molecular weight excluding hydrogens is 442 g/mol. The summed E-state index contributed by atoms with van der Waals surface area (Å²) < 4.78 is 16.6. The van der Waals surface area contributed by atoms with E-state index in [1.54, 1.807) is 44.2 Å². The van der Waals surface area contributed by atoms with Gasteiger partial charge in [0.25, 0.3) is 5.91 Å². The van der Waals surface area contributed by atoms with Gasteiger partial charge < -0.3 is 19.2 Å². The lowest BCUT2D eigenvalue weighted by Gasteiger charge is -2.09. The molecule has 0 atom stereocenters. The molecule has 1 heterocycles. The summed E-state index contributed by atoms with van der Waals surface area (Å²) in [6, 6.07) is 13.0. The van der Waals surface area contributed by atoms with Crippen LogP contribution in [0.25, 0.3) is 11.0 Å². The van der Waals surface area contributed by atoms with Crippen LogP contribution in [-0.4, -0.2) is 24.5 Å². The molecule has 3 rings (SSSR count). The van der Waals surface area contributed by atoms with E-state index in [0.717, 1.165) is 4.47 Å². The monoisotopic (exact) mass is 459 g/mol. The predicted octanol–water partition coefficient (Wildman–Crippen LogP) is 3.68. The number of benzene rings is 2. The predicted molar refractivity (Wildman–Crippen MR) is 110 cm³/mol. The molecule has 1 amide bonds. The molecule has 0 saturated carbocycles. The van der Waals surface area contributed by atoms with Crippen LogP contribution in [0, 0.1) is 0 Å². The maximum atomic E-state index is 12.1. The summed E-state index contributed by atoms with van der Waals surface area (Å²) in [4.78, 5) is 36.2. The third kappa shape index (κ3) is 5.23. The highest BCUT2D eigenvalue weighted by molar-refractivity contribution is 9.10. The second kappa shape index (κ2) is 8.91. The second-order valence-corrected chi connectivity index (χ2v) is 7.32. The summed E-state index contributed by atoms with van der Waals surface area (Å²) in [5, 5.41) is 3.18. The standard InChI is InChI=1S/C21H18BrNO6/c1-12(2)23-20(25)15-9-13-7-8-14(10-18(13)29-21(15)26)28-19(24)11-27-17-6-4-3-5-16(17)22/h3-10,12H,11H2,1-2H3,(H,23,25). The van der Waals surface area contributed by atoms with Gasteiger partial charge >= 0.3 is 11.6 Å². The lowest BCUT2D eigenvalue weighted by atomic mass is 10.1. The molecule has 8 heteroatoms. The zero-order valence-corrected chi connectivity index (χ0v) is 17.3. The largest absolute Gasteiger partial charge is 0.481 e. The summed E-state index contributed by atoms with van der Waals surface area (Å²) in [7, 11) is 0. The van der Waals surface area contributed by atoms with Gasteiger partial charge in [0.1, 0.15) is 22.6 Å². The van der Waals surface area contributed by atoms with Gasteiger partial charge in [-0.15, -0.1) is 0 Å². The van der Waals surface area contributed by atoms with Gasteiger partial charge in [-0.05, 0) is 60.1 Å². The van der Waals surface area contributed by atoms with Gasteiger partial charge in [0.15, 0.2) is 6.61 Å². The molecule has 0 fully saturated rings. The number of hydrogen-bond acceptors (Lipinski definition) is 6. The van der Waals surface area contributed by atoms with Crippen molar-refractivity contribution in [2.24, 2.45) is 0 Å². The van der Waals surface area contributed by atoms with Crippen LogP contribution in [0.15, 0.2) is 62.2 Å². The maximum Gasteiger partial charge on any atom is 0.349 e. The molecule has 0 spiro atoms. The zero-order chi connectivity index (χ0) is 21.0. The molecule has 1 N–H and O–H groups in total. The molecule has 150 valence electrons. The Morgan fingerprint density at radius 3 is 2.62 bits per heavy atom. The van der Waals surface area contributed by atoms with Crippen LogP contribution >= 0.6 is 15.9 Å². The number of para-hydroxylation sites is 1. The highest BCUT2D eigenvalue weighted by Gasteiger charge is 2.15. The van der Waals surface area contributed by atoms with Gasteiger partial charge in [-0.1, -0.05) is 12.1 Å². The van der Waals surface area contributed by atoms with E-state index in [1.807, 2.05) is 6.07 Å². The molecule has 2 aromatic carbocycles. The van der Waals surface area contributed by atoms with E-state index in [2.05, 4.69) is 21.2 Å². The lowest BCUT2D eigenvalue weighted by Crippen LogP contribution is -2.33. The number of ether oxygens (including phenoxy) is 2. The van der Waals surface area contributed by atoms with Crippen LogP contribution in [0.2, 0.25) is 0 Å².